The molecule has 0 saturated carbocycles. The molecule has 0 aliphatic carbocycles. The highest BCUT2D eigenvalue weighted by Gasteiger charge is 2.13. The first-order valence-corrected chi connectivity index (χ1v) is 7.90. The number of carbonyl (C=O) groups excluding carboxylic acids is 1. The molecule has 0 atom stereocenters. The zero-order valence-corrected chi connectivity index (χ0v) is 14.6. The third-order valence-corrected chi connectivity index (χ3v) is 3.21. The fourth-order valence-corrected chi connectivity index (χ4v) is 2.12. The summed E-state index contributed by atoms with van der Waals surface area (Å²) in [5.41, 5.74) is 1.29. The second-order valence-corrected chi connectivity index (χ2v) is 6.50. The van der Waals surface area contributed by atoms with Gasteiger partial charge in [-0.05, 0) is 51.0 Å². The summed E-state index contributed by atoms with van der Waals surface area (Å²) in [6, 6.07) is 9.40. The van der Waals surface area contributed by atoms with Gasteiger partial charge in [0.1, 0.15) is 11.4 Å². The fraction of sp³-hybridized carbons (Fsp3) is 0.389. The Balaban J connectivity index is 1.91. The molecule has 2 rings (SSSR count). The van der Waals surface area contributed by atoms with Crippen molar-refractivity contribution in [1.82, 2.24) is 15.3 Å². The van der Waals surface area contributed by atoms with Crippen LogP contribution in [0.5, 0.6) is 5.75 Å². The molecule has 2 aromatic rings. The summed E-state index contributed by atoms with van der Waals surface area (Å²) in [7, 11) is 1.64. The van der Waals surface area contributed by atoms with Crippen LogP contribution in [0.4, 0.5) is 5.95 Å². The van der Waals surface area contributed by atoms with E-state index in [0.717, 1.165) is 17.7 Å². The Hall–Kier alpha value is -2.63. The van der Waals surface area contributed by atoms with Gasteiger partial charge in [0.05, 0.1) is 7.11 Å². The third-order valence-electron chi connectivity index (χ3n) is 3.21. The van der Waals surface area contributed by atoms with Crippen molar-refractivity contribution in [2.24, 2.45) is 0 Å². The van der Waals surface area contributed by atoms with E-state index in [-0.39, 0.29) is 11.4 Å². The molecule has 0 bridgehead atoms. The third kappa shape index (κ3) is 5.53. The van der Waals surface area contributed by atoms with Crippen LogP contribution in [0, 0.1) is 0 Å². The van der Waals surface area contributed by atoms with Crippen LogP contribution in [0.15, 0.2) is 36.5 Å². The van der Waals surface area contributed by atoms with Crippen molar-refractivity contribution in [3.05, 3.63) is 47.8 Å². The average molecular weight is 328 g/mol. The lowest BCUT2D eigenvalue weighted by atomic mass is 10.1. The van der Waals surface area contributed by atoms with Crippen molar-refractivity contribution in [2.45, 2.75) is 32.7 Å². The highest BCUT2D eigenvalue weighted by atomic mass is 16.5. The molecule has 1 heterocycles. The summed E-state index contributed by atoms with van der Waals surface area (Å²) in [6.45, 7) is 6.56. The van der Waals surface area contributed by atoms with E-state index in [9.17, 15) is 4.79 Å². The van der Waals surface area contributed by atoms with Crippen molar-refractivity contribution in [3.8, 4) is 5.75 Å². The zero-order valence-electron chi connectivity index (χ0n) is 14.6. The van der Waals surface area contributed by atoms with Crippen molar-refractivity contribution >= 4 is 11.9 Å². The van der Waals surface area contributed by atoms with Gasteiger partial charge in [0, 0.05) is 18.3 Å². The van der Waals surface area contributed by atoms with Gasteiger partial charge >= 0.3 is 0 Å². The number of hydrogen-bond donors (Lipinski definition) is 2. The molecule has 0 aliphatic heterocycles. The lowest BCUT2D eigenvalue weighted by molar-refractivity contribution is 0.0949. The number of nitrogens with zero attached hydrogens (tertiary/aromatic N) is 2. The van der Waals surface area contributed by atoms with E-state index in [1.807, 2.05) is 45.0 Å². The number of rotatable bonds is 6. The van der Waals surface area contributed by atoms with Crippen molar-refractivity contribution in [2.75, 3.05) is 19.0 Å². The molecule has 0 radical (unpaired) electrons. The molecule has 0 spiro atoms. The molecule has 1 aromatic heterocycles. The minimum absolute atomic E-state index is 0.165. The highest BCUT2D eigenvalue weighted by Crippen LogP contribution is 2.13. The summed E-state index contributed by atoms with van der Waals surface area (Å²) in [5, 5.41) is 6.03. The Morgan fingerprint density at radius 1 is 1.25 bits per heavy atom. The number of amides is 1. The maximum atomic E-state index is 12.2. The van der Waals surface area contributed by atoms with Crippen LogP contribution >= 0.6 is 0 Å². The first kappa shape index (κ1) is 17.7. The molecule has 128 valence electrons. The van der Waals surface area contributed by atoms with Gasteiger partial charge in [-0.25, -0.2) is 9.97 Å². The molecule has 0 fully saturated rings. The molecule has 1 aromatic carbocycles. The Morgan fingerprint density at radius 2 is 2.04 bits per heavy atom. The van der Waals surface area contributed by atoms with Crippen LogP contribution in [0.3, 0.4) is 0 Å². The van der Waals surface area contributed by atoms with Crippen LogP contribution < -0.4 is 15.4 Å². The van der Waals surface area contributed by atoms with E-state index in [0.29, 0.717) is 18.2 Å². The van der Waals surface area contributed by atoms with Gasteiger partial charge in [-0.15, -0.1) is 0 Å². The van der Waals surface area contributed by atoms with Gasteiger partial charge in [0.2, 0.25) is 5.95 Å². The van der Waals surface area contributed by atoms with Crippen LogP contribution in [-0.4, -0.2) is 35.1 Å². The molecule has 0 unspecified atom stereocenters. The lowest BCUT2D eigenvalue weighted by Gasteiger charge is -2.20. The summed E-state index contributed by atoms with van der Waals surface area (Å²) < 4.78 is 5.19. The van der Waals surface area contributed by atoms with E-state index in [1.165, 1.54) is 0 Å². The van der Waals surface area contributed by atoms with E-state index < -0.39 is 0 Å². The number of methoxy groups -OCH3 is 1. The van der Waals surface area contributed by atoms with Crippen LogP contribution in [-0.2, 0) is 6.42 Å². The van der Waals surface area contributed by atoms with Gasteiger partial charge in [0.15, 0.2) is 0 Å². The Bertz CT molecular complexity index is 695. The lowest BCUT2D eigenvalue weighted by Crippen LogP contribution is -2.29. The molecule has 1 amide bonds. The summed E-state index contributed by atoms with van der Waals surface area (Å²) >= 11 is 0. The van der Waals surface area contributed by atoms with Crippen LogP contribution in [0.2, 0.25) is 0 Å². The van der Waals surface area contributed by atoms with Crippen LogP contribution in [0.25, 0.3) is 0 Å². The number of anilines is 1. The number of carbonyl (C=O) groups is 1. The van der Waals surface area contributed by atoms with Gasteiger partial charge < -0.3 is 15.4 Å². The molecular formula is C18H24N4O2. The standard InChI is InChI=1S/C18H24N4O2/c1-18(2,3)22-17-20-11-9-15(21-17)16(23)19-10-8-13-6-5-7-14(12-13)24-4/h5-7,9,11-12H,8,10H2,1-4H3,(H,19,23)(H,20,21,22). The maximum absolute atomic E-state index is 12.2. The molecule has 6 heteroatoms. The predicted molar refractivity (Wildman–Crippen MR) is 94.4 cm³/mol. The molecule has 0 saturated heterocycles. The molecule has 2 N–H and O–H groups in total. The zero-order chi connectivity index (χ0) is 17.6. The van der Waals surface area contributed by atoms with Gasteiger partial charge in [-0.1, -0.05) is 12.1 Å². The first-order valence-electron chi connectivity index (χ1n) is 7.90. The number of ether oxygens (including phenoxy) is 1. The fourth-order valence-electron chi connectivity index (χ4n) is 2.12. The van der Waals surface area contributed by atoms with Gasteiger partial charge in [-0.3, -0.25) is 4.79 Å². The SMILES string of the molecule is COc1cccc(CCNC(=O)c2ccnc(NC(C)(C)C)n2)c1. The largest absolute Gasteiger partial charge is 0.497 e. The van der Waals surface area contributed by atoms with Gasteiger partial charge in [0.25, 0.3) is 5.91 Å². The normalized spacial score (nSPS) is 11.0. The smallest absolute Gasteiger partial charge is 0.270 e. The van der Waals surface area contributed by atoms with E-state index >= 15 is 0 Å². The molecule has 0 aliphatic rings. The minimum atomic E-state index is -0.211. The van der Waals surface area contributed by atoms with Crippen molar-refractivity contribution in [3.63, 3.8) is 0 Å². The van der Waals surface area contributed by atoms with Crippen molar-refractivity contribution < 1.29 is 9.53 Å². The number of nitrogens with one attached hydrogen (secondary N) is 2. The van der Waals surface area contributed by atoms with Crippen LogP contribution in [0.1, 0.15) is 36.8 Å². The second kappa shape index (κ2) is 7.77. The Morgan fingerprint density at radius 3 is 2.75 bits per heavy atom. The molecular weight excluding hydrogens is 304 g/mol. The number of benzene rings is 1. The first-order chi connectivity index (χ1) is 11.4. The van der Waals surface area contributed by atoms with Gasteiger partial charge in [-0.2, -0.15) is 0 Å². The number of hydrogen-bond acceptors (Lipinski definition) is 5. The predicted octanol–water partition coefficient (Wildman–Crippen LogP) is 2.67. The highest BCUT2D eigenvalue weighted by molar-refractivity contribution is 5.92. The monoisotopic (exact) mass is 328 g/mol. The van der Waals surface area contributed by atoms with E-state index in [2.05, 4.69) is 20.6 Å². The molecule has 24 heavy (non-hydrogen) atoms. The Labute approximate surface area is 142 Å². The van der Waals surface area contributed by atoms with E-state index in [1.54, 1.807) is 19.4 Å². The second-order valence-electron chi connectivity index (χ2n) is 6.50. The van der Waals surface area contributed by atoms with Crippen molar-refractivity contribution in [1.29, 1.82) is 0 Å². The molecule has 6 nitrogen and oxygen atoms in total. The average Bonchev–Trinajstić information content (AvgIpc) is 2.53. The topological polar surface area (TPSA) is 76.1 Å². The Kier molecular flexibility index (Phi) is 5.73. The maximum Gasteiger partial charge on any atom is 0.270 e. The number of aromatic nitrogens is 2. The minimum Gasteiger partial charge on any atom is -0.497 e. The summed E-state index contributed by atoms with van der Waals surface area (Å²) in [4.78, 5) is 20.6. The quantitative estimate of drug-likeness (QED) is 0.852. The summed E-state index contributed by atoms with van der Waals surface area (Å²) in [6.07, 6.45) is 2.30. The van der Waals surface area contributed by atoms with E-state index in [4.69, 9.17) is 4.74 Å². The summed E-state index contributed by atoms with van der Waals surface area (Å²) in [5.74, 6) is 1.05.